The van der Waals surface area contributed by atoms with Crippen molar-refractivity contribution in [1.82, 2.24) is 4.90 Å². The highest BCUT2D eigenvalue weighted by atomic mass is 16.2. The molecule has 6 heteroatoms. The second kappa shape index (κ2) is 6.36. The molecule has 1 aromatic carbocycles. The third-order valence-electron chi connectivity index (χ3n) is 5.08. The van der Waals surface area contributed by atoms with Crippen molar-refractivity contribution in [2.24, 2.45) is 11.7 Å². The predicted molar refractivity (Wildman–Crippen MR) is 90.3 cm³/mol. The van der Waals surface area contributed by atoms with Gasteiger partial charge in [-0.15, -0.1) is 0 Å². The van der Waals surface area contributed by atoms with Gasteiger partial charge < -0.3 is 5.73 Å². The molecule has 24 heavy (non-hydrogen) atoms. The Hall–Kier alpha value is -2.21. The third-order valence-corrected chi connectivity index (χ3v) is 5.08. The second-order valence-electron chi connectivity index (χ2n) is 6.76. The monoisotopic (exact) mass is 329 g/mol. The zero-order valence-corrected chi connectivity index (χ0v) is 14.1. The molecule has 0 saturated carbocycles. The van der Waals surface area contributed by atoms with E-state index in [1.807, 2.05) is 36.9 Å². The van der Waals surface area contributed by atoms with Crippen LogP contribution in [0.15, 0.2) is 18.2 Å². The van der Waals surface area contributed by atoms with Gasteiger partial charge in [0.15, 0.2) is 0 Å². The SMILES string of the molecule is Cc1cccc(C)c1N1C(=O)CC(N2CCCC(C(N)=O)C2)C1=O. The van der Waals surface area contributed by atoms with Crippen molar-refractivity contribution in [2.45, 2.75) is 39.2 Å². The normalized spacial score (nSPS) is 25.3. The van der Waals surface area contributed by atoms with Gasteiger partial charge in [0.1, 0.15) is 0 Å². The molecule has 0 aliphatic carbocycles. The van der Waals surface area contributed by atoms with Crippen molar-refractivity contribution in [3.8, 4) is 0 Å². The average Bonchev–Trinajstić information content (AvgIpc) is 2.83. The highest BCUT2D eigenvalue weighted by molar-refractivity contribution is 6.23. The number of nitrogens with zero attached hydrogens (tertiary/aromatic N) is 2. The number of nitrogens with two attached hydrogens (primary N) is 1. The molecule has 2 atom stereocenters. The van der Waals surface area contributed by atoms with Crippen molar-refractivity contribution in [1.29, 1.82) is 0 Å². The minimum absolute atomic E-state index is 0.165. The van der Waals surface area contributed by atoms with Crippen molar-refractivity contribution < 1.29 is 14.4 Å². The summed E-state index contributed by atoms with van der Waals surface area (Å²) in [6.07, 6.45) is 1.73. The van der Waals surface area contributed by atoms with Gasteiger partial charge in [0, 0.05) is 6.54 Å². The molecule has 1 aromatic rings. The Morgan fingerprint density at radius 2 is 1.88 bits per heavy atom. The lowest BCUT2D eigenvalue weighted by molar-refractivity contribution is -0.127. The highest BCUT2D eigenvalue weighted by Gasteiger charge is 2.44. The van der Waals surface area contributed by atoms with Crippen LogP contribution in [0.25, 0.3) is 0 Å². The molecule has 2 N–H and O–H groups in total. The van der Waals surface area contributed by atoms with Crippen molar-refractivity contribution in [2.75, 3.05) is 18.0 Å². The summed E-state index contributed by atoms with van der Waals surface area (Å²) < 4.78 is 0. The summed E-state index contributed by atoms with van der Waals surface area (Å²) in [5, 5.41) is 0. The van der Waals surface area contributed by atoms with Crippen LogP contribution in [0, 0.1) is 19.8 Å². The molecule has 2 aliphatic rings. The number of benzene rings is 1. The molecule has 0 aromatic heterocycles. The number of rotatable bonds is 3. The number of imide groups is 1. The minimum Gasteiger partial charge on any atom is -0.369 e. The number of primary amides is 1. The molecule has 0 spiro atoms. The standard InChI is InChI=1S/C18H23N3O3/c1-11-5-3-6-12(2)16(11)21-15(22)9-14(18(21)24)20-8-4-7-13(10-20)17(19)23/h3,5-6,13-14H,4,7-10H2,1-2H3,(H2,19,23). The topological polar surface area (TPSA) is 83.7 Å². The van der Waals surface area contributed by atoms with E-state index >= 15 is 0 Å². The zero-order valence-electron chi connectivity index (χ0n) is 14.1. The van der Waals surface area contributed by atoms with E-state index in [2.05, 4.69) is 0 Å². The van der Waals surface area contributed by atoms with Gasteiger partial charge in [0.05, 0.1) is 24.1 Å². The van der Waals surface area contributed by atoms with Gasteiger partial charge in [-0.05, 0) is 44.4 Å². The largest absolute Gasteiger partial charge is 0.369 e. The number of amides is 3. The maximum atomic E-state index is 12.9. The van der Waals surface area contributed by atoms with E-state index in [1.54, 1.807) is 0 Å². The van der Waals surface area contributed by atoms with E-state index in [0.29, 0.717) is 18.8 Å². The van der Waals surface area contributed by atoms with Crippen molar-refractivity contribution in [3.63, 3.8) is 0 Å². The molecule has 2 unspecified atom stereocenters. The number of hydrogen-bond donors (Lipinski definition) is 1. The minimum atomic E-state index is -0.487. The predicted octanol–water partition coefficient (Wildman–Crippen LogP) is 1.13. The smallest absolute Gasteiger partial charge is 0.251 e. The molecule has 2 aliphatic heterocycles. The fourth-order valence-electron chi connectivity index (χ4n) is 3.82. The van der Waals surface area contributed by atoms with Gasteiger partial charge in [-0.1, -0.05) is 18.2 Å². The highest BCUT2D eigenvalue weighted by Crippen LogP contribution is 2.32. The Kier molecular flexibility index (Phi) is 4.41. The lowest BCUT2D eigenvalue weighted by atomic mass is 9.96. The number of likely N-dealkylation sites (tertiary alicyclic amines) is 1. The summed E-state index contributed by atoms with van der Waals surface area (Å²) in [6.45, 7) is 4.98. The zero-order chi connectivity index (χ0) is 17.4. The van der Waals surface area contributed by atoms with Crippen LogP contribution in [0.3, 0.4) is 0 Å². The first-order valence-electron chi connectivity index (χ1n) is 8.36. The van der Waals surface area contributed by atoms with Gasteiger partial charge in [0.25, 0.3) is 5.91 Å². The summed E-state index contributed by atoms with van der Waals surface area (Å²) in [7, 11) is 0. The quantitative estimate of drug-likeness (QED) is 0.843. The molecular formula is C18H23N3O3. The molecule has 0 radical (unpaired) electrons. The lowest BCUT2D eigenvalue weighted by Crippen LogP contribution is -2.49. The molecule has 2 heterocycles. The first kappa shape index (κ1) is 16.6. The average molecular weight is 329 g/mol. The van der Waals surface area contributed by atoms with Crippen LogP contribution >= 0.6 is 0 Å². The fraction of sp³-hybridized carbons (Fsp3) is 0.500. The van der Waals surface area contributed by atoms with Gasteiger partial charge in [-0.3, -0.25) is 19.3 Å². The van der Waals surface area contributed by atoms with Gasteiger partial charge in [-0.2, -0.15) is 0 Å². The number of hydrogen-bond acceptors (Lipinski definition) is 4. The number of aryl methyl sites for hydroxylation is 2. The molecule has 6 nitrogen and oxygen atoms in total. The number of anilines is 1. The maximum Gasteiger partial charge on any atom is 0.251 e. The van der Waals surface area contributed by atoms with Crippen molar-refractivity contribution >= 4 is 23.4 Å². The van der Waals surface area contributed by atoms with E-state index in [9.17, 15) is 14.4 Å². The van der Waals surface area contributed by atoms with Crippen LogP contribution in [0.4, 0.5) is 5.69 Å². The number of para-hydroxylation sites is 1. The van der Waals surface area contributed by atoms with Gasteiger partial charge in [-0.25, -0.2) is 4.90 Å². The van der Waals surface area contributed by atoms with Crippen LogP contribution < -0.4 is 10.6 Å². The van der Waals surface area contributed by atoms with Crippen molar-refractivity contribution in [3.05, 3.63) is 29.3 Å². The Labute approximate surface area is 141 Å². The molecule has 2 fully saturated rings. The summed E-state index contributed by atoms with van der Waals surface area (Å²) in [5.74, 6) is -0.940. The first-order chi connectivity index (χ1) is 11.4. The molecule has 3 amide bonds. The number of carbonyl (C=O) groups is 3. The first-order valence-corrected chi connectivity index (χ1v) is 8.36. The Morgan fingerprint density at radius 3 is 2.50 bits per heavy atom. The Morgan fingerprint density at radius 1 is 1.21 bits per heavy atom. The van der Waals surface area contributed by atoms with Crippen LogP contribution in [-0.2, 0) is 14.4 Å². The summed E-state index contributed by atoms with van der Waals surface area (Å²) in [4.78, 5) is 40.2. The van der Waals surface area contributed by atoms with Crippen LogP contribution in [-0.4, -0.2) is 41.8 Å². The van der Waals surface area contributed by atoms with Crippen LogP contribution in [0.2, 0.25) is 0 Å². The van der Waals surface area contributed by atoms with E-state index in [0.717, 1.165) is 24.0 Å². The lowest BCUT2D eigenvalue weighted by Gasteiger charge is -2.34. The van der Waals surface area contributed by atoms with Crippen LogP contribution in [0.5, 0.6) is 0 Å². The Balaban J connectivity index is 1.86. The summed E-state index contributed by atoms with van der Waals surface area (Å²) in [5.41, 5.74) is 7.93. The van der Waals surface area contributed by atoms with Crippen LogP contribution in [0.1, 0.15) is 30.4 Å². The third kappa shape index (κ3) is 2.82. The van der Waals surface area contributed by atoms with Gasteiger partial charge >= 0.3 is 0 Å². The Bertz CT molecular complexity index is 680. The molecule has 128 valence electrons. The number of carbonyl (C=O) groups excluding carboxylic acids is 3. The second-order valence-corrected chi connectivity index (χ2v) is 6.76. The summed E-state index contributed by atoms with van der Waals surface area (Å²) in [6, 6.07) is 5.23. The summed E-state index contributed by atoms with van der Waals surface area (Å²) >= 11 is 0. The number of piperidine rings is 1. The van der Waals surface area contributed by atoms with E-state index in [1.165, 1.54) is 4.90 Å². The molecule has 0 bridgehead atoms. The van der Waals surface area contributed by atoms with E-state index in [-0.39, 0.29) is 30.1 Å². The molecular weight excluding hydrogens is 306 g/mol. The fourth-order valence-corrected chi connectivity index (χ4v) is 3.82. The van der Waals surface area contributed by atoms with Gasteiger partial charge in [0.2, 0.25) is 11.8 Å². The molecule has 3 rings (SSSR count). The maximum absolute atomic E-state index is 12.9. The van der Waals surface area contributed by atoms with E-state index < -0.39 is 6.04 Å². The van der Waals surface area contributed by atoms with E-state index in [4.69, 9.17) is 5.73 Å². The molecule has 2 saturated heterocycles.